The molecule has 1 fully saturated rings. The summed E-state index contributed by atoms with van der Waals surface area (Å²) in [7, 11) is 3.85. The smallest absolute Gasteiger partial charge is 0.305 e. The summed E-state index contributed by atoms with van der Waals surface area (Å²) in [6.07, 6.45) is 53.2. The van der Waals surface area contributed by atoms with Gasteiger partial charge in [-0.1, -0.05) is 262 Å². The van der Waals surface area contributed by atoms with Crippen LogP contribution < -0.4 is 0 Å². The number of ether oxygens (including phenoxy) is 2. The van der Waals surface area contributed by atoms with Gasteiger partial charge in [-0.25, -0.2) is 0 Å². The van der Waals surface area contributed by atoms with Crippen molar-refractivity contribution >= 4 is 39.4 Å². The molecule has 1 aliphatic rings. The third-order valence-corrected chi connectivity index (χ3v) is 18.4. The van der Waals surface area contributed by atoms with Crippen LogP contribution in [0.25, 0.3) is 0 Å². The average Bonchev–Trinajstić information content (AvgIpc) is 3.92. The van der Waals surface area contributed by atoms with Crippen LogP contribution in [0.1, 0.15) is 324 Å². The molecule has 0 bridgehead atoms. The number of carbonyl (C=O) groups excluding carboxylic acids is 3. The van der Waals surface area contributed by atoms with Crippen LogP contribution in [-0.2, 0) is 23.9 Å². The van der Waals surface area contributed by atoms with Gasteiger partial charge in [-0.15, -0.1) is 0 Å². The molecule has 0 aliphatic carbocycles. The Kier molecular flexibility index (Phi) is 52.3. The van der Waals surface area contributed by atoms with Gasteiger partial charge < -0.3 is 19.3 Å². The van der Waals surface area contributed by atoms with E-state index in [1.54, 1.807) is 0 Å². The Labute approximate surface area is 463 Å². The number of unbranched alkanes of at least 4 members (excludes halogenated alkanes) is 24. The summed E-state index contributed by atoms with van der Waals surface area (Å²) >= 11 is 0. The number of carbonyl (C=O) groups is 3. The van der Waals surface area contributed by atoms with Crippen molar-refractivity contribution in [2.75, 3.05) is 50.9 Å². The predicted molar refractivity (Wildman–Crippen MR) is 322 cm³/mol. The fourth-order valence-electron chi connectivity index (χ4n) is 11.1. The van der Waals surface area contributed by atoms with Crippen LogP contribution >= 0.6 is 21.6 Å². The number of esters is 2. The Hall–Kier alpha value is -0.930. The molecule has 73 heavy (non-hydrogen) atoms. The summed E-state index contributed by atoms with van der Waals surface area (Å²) in [6, 6.07) is 0.317. The number of rotatable bonds is 57. The summed E-state index contributed by atoms with van der Waals surface area (Å²) in [5.41, 5.74) is 0. The van der Waals surface area contributed by atoms with Crippen LogP contribution in [0.3, 0.4) is 0 Å². The third-order valence-electron chi connectivity index (χ3n) is 15.9. The predicted octanol–water partition coefficient (Wildman–Crippen LogP) is 19.9. The van der Waals surface area contributed by atoms with Gasteiger partial charge in [0.15, 0.2) is 0 Å². The molecule has 0 aromatic heterocycles. The monoisotopic (exact) mass is 1060 g/mol. The highest BCUT2D eigenvalue weighted by Crippen LogP contribution is 2.27. The molecular formula is C64H124N2O5S2. The summed E-state index contributed by atoms with van der Waals surface area (Å²) < 4.78 is 11.5. The second-order valence-electron chi connectivity index (χ2n) is 22.7. The molecule has 0 N–H and O–H groups in total. The van der Waals surface area contributed by atoms with Crippen LogP contribution in [0.4, 0.5) is 0 Å². The van der Waals surface area contributed by atoms with Crippen LogP contribution in [0, 0.1) is 11.8 Å². The highest BCUT2D eigenvalue weighted by molar-refractivity contribution is 8.76. The van der Waals surface area contributed by atoms with Crippen molar-refractivity contribution in [3.63, 3.8) is 0 Å². The second kappa shape index (κ2) is 54.4. The highest BCUT2D eigenvalue weighted by atomic mass is 33.1. The van der Waals surface area contributed by atoms with Gasteiger partial charge in [-0.05, 0) is 95.7 Å². The largest absolute Gasteiger partial charge is 0.466 e. The number of hydrogen-bond acceptors (Lipinski definition) is 8. The van der Waals surface area contributed by atoms with Crippen LogP contribution in [0.15, 0.2) is 0 Å². The van der Waals surface area contributed by atoms with Crippen molar-refractivity contribution in [2.24, 2.45) is 11.8 Å². The summed E-state index contributed by atoms with van der Waals surface area (Å²) in [6.45, 7) is 17.0. The van der Waals surface area contributed by atoms with Gasteiger partial charge >= 0.3 is 11.9 Å². The minimum Gasteiger partial charge on any atom is -0.466 e. The first kappa shape index (κ1) is 70.1. The van der Waals surface area contributed by atoms with E-state index in [9.17, 15) is 14.4 Å². The van der Waals surface area contributed by atoms with Crippen molar-refractivity contribution in [1.82, 2.24) is 9.80 Å². The molecular weight excluding hydrogens is 941 g/mol. The summed E-state index contributed by atoms with van der Waals surface area (Å²) in [5.74, 6) is 3.86. The van der Waals surface area contributed by atoms with Crippen molar-refractivity contribution in [1.29, 1.82) is 0 Å². The summed E-state index contributed by atoms with van der Waals surface area (Å²) in [5, 5.41) is 0. The highest BCUT2D eigenvalue weighted by Gasteiger charge is 2.24. The fraction of sp³-hybridized carbons (Fsp3) is 0.953. The van der Waals surface area contributed by atoms with Crippen molar-refractivity contribution in [2.45, 2.75) is 330 Å². The third kappa shape index (κ3) is 44.7. The van der Waals surface area contributed by atoms with Crippen molar-refractivity contribution in [3.8, 4) is 0 Å². The first-order chi connectivity index (χ1) is 35.9. The zero-order valence-corrected chi connectivity index (χ0v) is 51.1. The van der Waals surface area contributed by atoms with E-state index in [2.05, 4.69) is 44.4 Å². The molecule has 0 aromatic rings. The van der Waals surface area contributed by atoms with E-state index in [4.69, 9.17) is 9.47 Å². The van der Waals surface area contributed by atoms with Crippen molar-refractivity contribution in [3.05, 3.63) is 0 Å². The van der Waals surface area contributed by atoms with Crippen molar-refractivity contribution < 1.29 is 23.9 Å². The number of amides is 1. The molecule has 432 valence electrons. The molecule has 1 heterocycles. The zero-order valence-electron chi connectivity index (χ0n) is 49.5. The lowest BCUT2D eigenvalue weighted by molar-refractivity contribution is -0.145. The van der Waals surface area contributed by atoms with E-state index in [0.717, 1.165) is 102 Å². The summed E-state index contributed by atoms with van der Waals surface area (Å²) in [4.78, 5) is 44.4. The van der Waals surface area contributed by atoms with E-state index in [0.29, 0.717) is 56.3 Å². The first-order valence-electron chi connectivity index (χ1n) is 32.5. The molecule has 1 amide bonds. The van der Waals surface area contributed by atoms with Gasteiger partial charge in [0.1, 0.15) is 0 Å². The molecule has 7 nitrogen and oxygen atoms in total. The average molecular weight is 1070 g/mol. The molecule has 0 radical (unpaired) electrons. The Morgan fingerprint density at radius 2 is 0.781 bits per heavy atom. The van der Waals surface area contributed by atoms with E-state index in [1.165, 1.54) is 205 Å². The molecule has 1 saturated heterocycles. The lowest BCUT2D eigenvalue weighted by Crippen LogP contribution is -2.42. The molecule has 0 spiro atoms. The molecule has 0 aromatic carbocycles. The number of likely N-dealkylation sites (tertiary alicyclic amines) is 1. The minimum absolute atomic E-state index is 0.00293. The quantitative estimate of drug-likeness (QED) is 0.0339. The van der Waals surface area contributed by atoms with E-state index >= 15 is 0 Å². The minimum atomic E-state index is -0.00293. The van der Waals surface area contributed by atoms with E-state index in [1.807, 2.05) is 21.6 Å². The topological polar surface area (TPSA) is 76.2 Å². The maximum absolute atomic E-state index is 14.1. The Morgan fingerprint density at radius 3 is 1.22 bits per heavy atom. The zero-order chi connectivity index (χ0) is 52.9. The molecule has 0 unspecified atom stereocenters. The van der Waals surface area contributed by atoms with Gasteiger partial charge in [0.2, 0.25) is 5.91 Å². The molecule has 1 aliphatic heterocycles. The molecule has 0 atom stereocenters. The van der Waals surface area contributed by atoms with E-state index in [-0.39, 0.29) is 11.9 Å². The first-order valence-corrected chi connectivity index (χ1v) is 34.9. The van der Waals surface area contributed by atoms with Gasteiger partial charge in [-0.2, -0.15) is 0 Å². The normalized spacial score (nSPS) is 13.0. The Balaban J connectivity index is 2.62. The van der Waals surface area contributed by atoms with Crippen LogP contribution in [0.2, 0.25) is 0 Å². The maximum Gasteiger partial charge on any atom is 0.305 e. The van der Waals surface area contributed by atoms with Crippen LogP contribution in [-0.4, -0.2) is 84.6 Å². The Bertz CT molecular complexity index is 1120. The lowest BCUT2D eigenvalue weighted by atomic mass is 9.92. The maximum atomic E-state index is 14.1. The fourth-order valence-corrected chi connectivity index (χ4v) is 13.2. The van der Waals surface area contributed by atoms with Crippen LogP contribution in [0.5, 0.6) is 0 Å². The SMILES string of the molecule is CCCCCCC(CCCCCC)CCOC(=O)CCCCCCCCC(CCCCCCCCC(=O)OCCC(CCCCCC)CCCCCC)N(CCCN1CCCC1)C(=O)CCSSCCCCC. The number of nitrogens with zero attached hydrogens (tertiary/aromatic N) is 2. The molecule has 0 saturated carbocycles. The molecule has 1 rings (SSSR count). The Morgan fingerprint density at radius 1 is 0.411 bits per heavy atom. The second-order valence-corrected chi connectivity index (χ2v) is 25.4. The lowest BCUT2D eigenvalue weighted by Gasteiger charge is -2.33. The molecule has 9 heteroatoms. The number of hydrogen-bond donors (Lipinski definition) is 0. The van der Waals surface area contributed by atoms with Gasteiger partial charge in [0.05, 0.1) is 13.2 Å². The van der Waals surface area contributed by atoms with Gasteiger partial charge in [0, 0.05) is 43.4 Å². The standard InChI is InChI=1S/C64H124N2O5S2/c1-6-11-16-28-40-59(41-29-17-12-7-2)48-55-70-63(68)46-34-26-22-20-24-32-44-61(66(54-39-53-65-51-36-37-52-65)62(67)50-58-73-72-57-38-15-10-5)45-33-25-21-23-27-35-47-64(69)71-56-49-60(42-30-18-13-8-3)43-31-19-14-9-4/h59-61H,6-58H2,1-5H3. The van der Waals surface area contributed by atoms with Gasteiger partial charge in [0.25, 0.3) is 0 Å². The van der Waals surface area contributed by atoms with E-state index < -0.39 is 0 Å². The van der Waals surface area contributed by atoms with Gasteiger partial charge in [-0.3, -0.25) is 14.4 Å².